The van der Waals surface area contributed by atoms with Gasteiger partial charge in [-0.25, -0.2) is 0 Å². The molecule has 6 heteroatoms. The van der Waals surface area contributed by atoms with Crippen molar-refractivity contribution in [3.8, 4) is 0 Å². The molecule has 6 heavy (non-hydrogen) atoms. The summed E-state index contributed by atoms with van der Waals surface area (Å²) < 4.78 is 7.81. The summed E-state index contributed by atoms with van der Waals surface area (Å²) in [6.07, 6.45) is 0. The molecular weight excluding hydrogens is 662 g/mol. The van der Waals surface area contributed by atoms with Crippen molar-refractivity contribution >= 4 is 114 Å². The molecule has 0 aromatic heterocycles. The Kier molecular flexibility index (Phi) is 165. The Bertz CT molecular complexity index is 15.5. The molecule has 0 aromatic rings. The molecule has 0 spiro atoms. The molecule has 5 radical (unpaired) electrons. The monoisotopic (exact) mass is 664 g/mol. The molecule has 0 heterocycles. The van der Waals surface area contributed by atoms with E-state index in [2.05, 4.69) is 15.9 Å². The van der Waals surface area contributed by atoms with E-state index in [0.717, 1.165) is 0 Å². The van der Waals surface area contributed by atoms with Gasteiger partial charge in [0.15, 0.2) is 0 Å². The van der Waals surface area contributed by atoms with Crippen molar-refractivity contribution in [3.05, 3.63) is 0 Å². The van der Waals surface area contributed by atoms with Crippen molar-refractivity contribution in [2.24, 2.45) is 0 Å². The second-order valence-corrected chi connectivity index (χ2v) is 0. The summed E-state index contributed by atoms with van der Waals surface area (Å²) in [7, 11) is 0. The van der Waals surface area contributed by atoms with Crippen molar-refractivity contribution in [1.82, 2.24) is 0 Å². The van der Waals surface area contributed by atoms with Gasteiger partial charge in [0, 0.05) is 142 Å². The molecule has 0 aliphatic rings. The van der Waals surface area contributed by atoms with Crippen LogP contribution in [0.15, 0.2) is 0 Å². The summed E-state index contributed by atoms with van der Waals surface area (Å²) in [5, 5.41) is 0. The summed E-state index contributed by atoms with van der Waals surface area (Å²) in [6, 6.07) is 0. The third-order valence-corrected chi connectivity index (χ3v) is 0. The summed E-state index contributed by atoms with van der Waals surface area (Å²) in [5.74, 6) is 0. The fraction of sp³-hybridized carbons (Fsp3) is 0. The largest absolute Gasteiger partial charge is 0 e. The molecule has 0 aliphatic heterocycles. The Morgan fingerprint density at radius 3 is 1.17 bits per heavy atom. The summed E-state index contributed by atoms with van der Waals surface area (Å²) in [5.41, 5.74) is 0. The Balaban J connectivity index is -0.000000000833. The van der Waals surface area contributed by atoms with E-state index in [1.165, 1.54) is 0 Å². The molecule has 0 fully saturated rings. The van der Waals surface area contributed by atoms with E-state index >= 15 is 0 Å². The van der Waals surface area contributed by atoms with E-state index in [9.17, 15) is 0 Å². The van der Waals surface area contributed by atoms with Gasteiger partial charge in [-0.05, 0) is 0 Å². The second kappa shape index (κ2) is 32.4. The van der Waals surface area contributed by atoms with Gasteiger partial charge in [0.05, 0.1) is 0 Å². The number of hydrogen-bond acceptors (Lipinski definition) is 1. The fourth-order valence-corrected chi connectivity index (χ4v) is 0. The minimum absolute atomic E-state index is 0. The van der Waals surface area contributed by atoms with Gasteiger partial charge in [-0.15, -0.1) is 0 Å². The molecule has 0 saturated heterocycles. The van der Waals surface area contributed by atoms with E-state index in [4.69, 9.17) is 3.83 Å². The summed E-state index contributed by atoms with van der Waals surface area (Å²) >= 11 is 2.94. The van der Waals surface area contributed by atoms with Crippen molar-refractivity contribution < 1.29 is 47.4 Å². The summed E-state index contributed by atoms with van der Waals surface area (Å²) in [4.78, 5) is 0. The van der Waals surface area contributed by atoms with Gasteiger partial charge >= 0.3 is 19.8 Å². The van der Waals surface area contributed by atoms with Gasteiger partial charge in [0.1, 0.15) is 0 Å². The van der Waals surface area contributed by atoms with E-state index in [1.54, 1.807) is 0 Å². The first-order valence-electron chi connectivity index (χ1n) is 0.123. The van der Waals surface area contributed by atoms with Gasteiger partial charge in [0.2, 0.25) is 0 Å². The van der Waals surface area contributed by atoms with Crippen LogP contribution < -0.4 is 0 Å². The average molecular weight is 662 g/mol. The molecule has 1 nitrogen and oxygen atoms in total. The van der Waals surface area contributed by atoms with Gasteiger partial charge in [-0.2, -0.15) is 0 Å². The SMILES string of the molecule is [Ba].[Ca].[Hg].[O]=[Cu].[Tl]. The second-order valence-electron chi connectivity index (χ2n) is 0. The standard InChI is InChI=1S/Ba.Ca.Cu.Hg.O.Tl. The smallest absolute Gasteiger partial charge is 0 e. The Labute approximate surface area is 156 Å². The third-order valence-electron chi connectivity index (χ3n) is 0. The van der Waals surface area contributed by atoms with Gasteiger partial charge in [-0.1, -0.05) is 0 Å². The van der Waals surface area contributed by atoms with Gasteiger partial charge < -0.3 is 0 Å². The quantitative estimate of drug-likeness (QED) is 0.297. The molecule has 0 atom stereocenters. The predicted molar refractivity (Wildman–Crippen MR) is 17.9 cm³/mol. The topological polar surface area (TPSA) is 17.1 Å². The molecule has 26 valence electrons. The Hall–Kier alpha value is 5.01. The average Bonchev–Trinajstić information content (AvgIpc) is 1.00. The predicted octanol–water partition coefficient (Wildman–Crippen LogP) is -1.27. The van der Waals surface area contributed by atoms with Crippen LogP contribution >= 0.6 is 0 Å². The molecule has 0 unspecified atom stereocenters. The van der Waals surface area contributed by atoms with E-state index in [0.29, 0.717) is 0 Å². The van der Waals surface area contributed by atoms with Crippen molar-refractivity contribution in [1.29, 1.82) is 0 Å². The van der Waals surface area contributed by atoms with Crippen LogP contribution in [0.25, 0.3) is 0 Å². The molecule has 0 aromatic carbocycles. The molecule has 0 N–H and O–H groups in total. The first kappa shape index (κ1) is 30.5. The number of rotatable bonds is 0. The van der Waals surface area contributed by atoms with Crippen molar-refractivity contribution in [2.45, 2.75) is 0 Å². The van der Waals surface area contributed by atoms with Crippen LogP contribution in [0.5, 0.6) is 0 Å². The zero-order valence-corrected chi connectivity index (χ0v) is 21.0. The van der Waals surface area contributed by atoms with E-state index < -0.39 is 0 Å². The zero-order chi connectivity index (χ0) is 2.00. The zero-order valence-electron chi connectivity index (χ0n) is 3.41. The van der Waals surface area contributed by atoms with Crippen LogP contribution in [0, 0.1) is 0 Å². The van der Waals surface area contributed by atoms with Crippen LogP contribution in [0.1, 0.15) is 0 Å². The number of hydrogen-bond donors (Lipinski definition) is 0. The Morgan fingerprint density at radius 2 is 1.17 bits per heavy atom. The molecule has 0 saturated carbocycles. The summed E-state index contributed by atoms with van der Waals surface area (Å²) in [6.45, 7) is 0. The van der Waals surface area contributed by atoms with E-state index in [-0.39, 0.29) is 142 Å². The minimum atomic E-state index is 0. The normalized spacial score (nSPS) is 1.00. The van der Waals surface area contributed by atoms with Crippen LogP contribution in [-0.2, 0) is 47.4 Å². The molecule has 0 rings (SSSR count). The maximum absolute atomic E-state index is 7.81. The Morgan fingerprint density at radius 1 is 1.17 bits per heavy atom. The van der Waals surface area contributed by atoms with Crippen molar-refractivity contribution in [2.75, 3.05) is 0 Å². The van der Waals surface area contributed by atoms with E-state index in [1.807, 2.05) is 0 Å². The molecule has 0 amide bonds. The molecular formula is BaCaCuHgOTl. The van der Waals surface area contributed by atoms with Crippen LogP contribution in [0.2, 0.25) is 0 Å². The minimum Gasteiger partial charge on any atom is 0 e. The fourth-order valence-electron chi connectivity index (χ4n) is 0. The first-order valence-corrected chi connectivity index (χ1v) is 0.508. The first-order chi connectivity index (χ1) is 1.00. The van der Waals surface area contributed by atoms with Crippen LogP contribution in [0.3, 0.4) is 0 Å². The van der Waals surface area contributed by atoms with Crippen molar-refractivity contribution in [3.63, 3.8) is 0 Å². The third kappa shape index (κ3) is 23.0. The maximum Gasteiger partial charge on any atom is 0 e. The molecule has 0 bridgehead atoms. The molecule has 0 aliphatic carbocycles. The van der Waals surface area contributed by atoms with Gasteiger partial charge in [-0.3, -0.25) is 0 Å². The van der Waals surface area contributed by atoms with Crippen LogP contribution in [-0.4, -0.2) is 114 Å². The van der Waals surface area contributed by atoms with Gasteiger partial charge in [0.25, 0.3) is 0 Å². The maximum atomic E-state index is 7.81. The van der Waals surface area contributed by atoms with Crippen LogP contribution in [0.4, 0.5) is 0 Å².